The molecule has 0 unspecified atom stereocenters. The summed E-state index contributed by atoms with van der Waals surface area (Å²) in [5.41, 5.74) is 1.05. The van der Waals surface area contributed by atoms with Crippen LogP contribution in [-0.4, -0.2) is 66.6 Å². The Morgan fingerprint density at radius 1 is 1.19 bits per heavy atom. The Morgan fingerprint density at radius 3 is 2.54 bits per heavy atom. The summed E-state index contributed by atoms with van der Waals surface area (Å²) in [5.74, 6) is 1.04. The number of aromatic nitrogens is 1. The number of pyridine rings is 1. The highest BCUT2D eigenvalue weighted by Crippen LogP contribution is 2.21. The molecule has 0 radical (unpaired) electrons. The molecule has 1 aromatic rings. The van der Waals surface area contributed by atoms with Crippen molar-refractivity contribution in [2.24, 2.45) is 0 Å². The molecule has 6 heteroatoms. The summed E-state index contributed by atoms with van der Waals surface area (Å²) < 4.78 is 0. The lowest BCUT2D eigenvalue weighted by Gasteiger charge is -2.34. The summed E-state index contributed by atoms with van der Waals surface area (Å²) in [7, 11) is 1.92. The molecule has 1 aromatic heterocycles. The van der Waals surface area contributed by atoms with Crippen molar-refractivity contribution >= 4 is 11.8 Å². The number of nitrogens with zero attached hydrogens (tertiary/aromatic N) is 4. The monoisotopic (exact) mass is 359 g/mol. The zero-order chi connectivity index (χ0) is 18.4. The molecule has 0 atom stereocenters. The van der Waals surface area contributed by atoms with Gasteiger partial charge in [-0.05, 0) is 31.0 Å². The quantitative estimate of drug-likeness (QED) is 0.878. The molecule has 2 amide bonds. The first-order chi connectivity index (χ1) is 12.7. The fourth-order valence-corrected chi connectivity index (χ4v) is 3.94. The molecular formula is C20H33N5O. The second-order valence-corrected chi connectivity index (χ2v) is 7.51. The SMILES string of the molecule is CCN1CCN(c2ccc(CNC(=O)N(C)C3CCCCC3)cn2)CC1. The van der Waals surface area contributed by atoms with Crippen LogP contribution in [-0.2, 0) is 6.54 Å². The lowest BCUT2D eigenvalue weighted by molar-refractivity contribution is 0.173. The summed E-state index contributed by atoms with van der Waals surface area (Å²) in [4.78, 5) is 23.7. The van der Waals surface area contributed by atoms with E-state index in [0.29, 0.717) is 12.6 Å². The van der Waals surface area contributed by atoms with Crippen LogP contribution in [0.2, 0.25) is 0 Å². The molecule has 2 heterocycles. The van der Waals surface area contributed by atoms with E-state index in [1.165, 1.54) is 19.3 Å². The lowest BCUT2D eigenvalue weighted by atomic mass is 9.95. The predicted octanol–water partition coefficient (Wildman–Crippen LogP) is 2.70. The number of anilines is 1. The maximum Gasteiger partial charge on any atom is 0.317 e. The van der Waals surface area contributed by atoms with Crippen molar-refractivity contribution in [1.82, 2.24) is 20.1 Å². The number of hydrogen-bond acceptors (Lipinski definition) is 4. The van der Waals surface area contributed by atoms with Gasteiger partial charge in [0, 0.05) is 52.0 Å². The highest BCUT2D eigenvalue weighted by molar-refractivity contribution is 5.74. The molecule has 1 N–H and O–H groups in total. The van der Waals surface area contributed by atoms with E-state index in [2.05, 4.69) is 39.2 Å². The smallest absolute Gasteiger partial charge is 0.317 e. The lowest BCUT2D eigenvalue weighted by Crippen LogP contribution is -2.46. The van der Waals surface area contributed by atoms with Crippen molar-refractivity contribution in [3.8, 4) is 0 Å². The van der Waals surface area contributed by atoms with Crippen molar-refractivity contribution in [3.63, 3.8) is 0 Å². The van der Waals surface area contributed by atoms with Gasteiger partial charge in [-0.2, -0.15) is 0 Å². The Morgan fingerprint density at radius 2 is 1.92 bits per heavy atom. The van der Waals surface area contributed by atoms with Gasteiger partial charge in [0.1, 0.15) is 5.82 Å². The number of piperazine rings is 1. The third kappa shape index (κ3) is 4.87. The van der Waals surface area contributed by atoms with Crippen molar-refractivity contribution in [2.45, 2.75) is 51.6 Å². The maximum absolute atomic E-state index is 12.4. The van der Waals surface area contributed by atoms with E-state index in [-0.39, 0.29) is 6.03 Å². The molecule has 3 rings (SSSR count). The Kier molecular flexibility index (Phi) is 6.72. The molecule has 1 saturated carbocycles. The number of nitrogens with one attached hydrogen (secondary N) is 1. The second-order valence-electron chi connectivity index (χ2n) is 7.51. The Bertz CT molecular complexity index is 562. The molecule has 1 saturated heterocycles. The second kappa shape index (κ2) is 9.21. The van der Waals surface area contributed by atoms with Crippen LogP contribution < -0.4 is 10.2 Å². The Labute approximate surface area is 157 Å². The fraction of sp³-hybridized carbons (Fsp3) is 0.700. The summed E-state index contributed by atoms with van der Waals surface area (Å²) in [5, 5.41) is 3.04. The van der Waals surface area contributed by atoms with E-state index in [9.17, 15) is 4.79 Å². The number of likely N-dealkylation sites (N-methyl/N-ethyl adjacent to an activating group) is 1. The van der Waals surface area contributed by atoms with Crippen molar-refractivity contribution in [1.29, 1.82) is 0 Å². The average Bonchev–Trinajstić information content (AvgIpc) is 2.72. The van der Waals surface area contributed by atoms with Crippen LogP contribution in [0.25, 0.3) is 0 Å². The number of urea groups is 1. The highest BCUT2D eigenvalue weighted by atomic mass is 16.2. The molecule has 1 aliphatic carbocycles. The molecule has 144 valence electrons. The Balaban J connectivity index is 1.46. The number of amides is 2. The number of carbonyl (C=O) groups excluding carboxylic acids is 1. The topological polar surface area (TPSA) is 51.7 Å². The average molecular weight is 360 g/mol. The van der Waals surface area contributed by atoms with Crippen LogP contribution in [0.4, 0.5) is 10.6 Å². The first-order valence-corrected chi connectivity index (χ1v) is 10.1. The van der Waals surface area contributed by atoms with Gasteiger partial charge < -0.3 is 20.0 Å². The van der Waals surface area contributed by atoms with Gasteiger partial charge in [-0.15, -0.1) is 0 Å². The van der Waals surface area contributed by atoms with Gasteiger partial charge in [0.05, 0.1) is 0 Å². The Hall–Kier alpha value is -1.82. The van der Waals surface area contributed by atoms with Crippen LogP contribution in [0.5, 0.6) is 0 Å². The standard InChI is InChI=1S/C20H33N5O/c1-3-24-11-13-25(14-12-24)19-10-9-17(15-21-19)16-22-20(26)23(2)18-7-5-4-6-8-18/h9-10,15,18H,3-8,11-14,16H2,1-2H3,(H,22,26). The third-order valence-corrected chi connectivity index (χ3v) is 5.84. The molecule has 26 heavy (non-hydrogen) atoms. The van der Waals surface area contributed by atoms with Crippen LogP contribution in [0.1, 0.15) is 44.6 Å². The molecule has 2 fully saturated rings. The first kappa shape index (κ1) is 19.0. The number of hydrogen-bond donors (Lipinski definition) is 1. The normalized spacial score (nSPS) is 19.4. The van der Waals surface area contributed by atoms with E-state index >= 15 is 0 Å². The summed E-state index contributed by atoms with van der Waals surface area (Å²) in [6.07, 6.45) is 7.93. The molecule has 0 spiro atoms. The van der Waals surface area contributed by atoms with E-state index in [1.54, 1.807) is 0 Å². The first-order valence-electron chi connectivity index (χ1n) is 10.1. The van der Waals surface area contributed by atoms with Crippen LogP contribution >= 0.6 is 0 Å². The van der Waals surface area contributed by atoms with E-state index in [0.717, 1.165) is 56.9 Å². The minimum atomic E-state index is 0.0247. The van der Waals surface area contributed by atoms with E-state index < -0.39 is 0 Å². The van der Waals surface area contributed by atoms with Crippen molar-refractivity contribution in [3.05, 3.63) is 23.9 Å². The van der Waals surface area contributed by atoms with Gasteiger partial charge in [0.15, 0.2) is 0 Å². The zero-order valence-corrected chi connectivity index (χ0v) is 16.3. The predicted molar refractivity (Wildman–Crippen MR) is 105 cm³/mol. The maximum atomic E-state index is 12.4. The minimum absolute atomic E-state index is 0.0247. The number of carbonyl (C=O) groups is 1. The van der Waals surface area contributed by atoms with E-state index in [1.807, 2.05) is 18.1 Å². The van der Waals surface area contributed by atoms with Gasteiger partial charge in [0.2, 0.25) is 0 Å². The highest BCUT2D eigenvalue weighted by Gasteiger charge is 2.22. The largest absolute Gasteiger partial charge is 0.354 e. The summed E-state index contributed by atoms with van der Waals surface area (Å²) >= 11 is 0. The zero-order valence-electron chi connectivity index (χ0n) is 16.3. The fourth-order valence-electron chi connectivity index (χ4n) is 3.94. The van der Waals surface area contributed by atoms with Gasteiger partial charge in [-0.25, -0.2) is 9.78 Å². The van der Waals surface area contributed by atoms with Gasteiger partial charge in [-0.3, -0.25) is 0 Å². The number of rotatable bonds is 5. The van der Waals surface area contributed by atoms with Crippen LogP contribution in [0.15, 0.2) is 18.3 Å². The molecule has 0 bridgehead atoms. The minimum Gasteiger partial charge on any atom is -0.354 e. The summed E-state index contributed by atoms with van der Waals surface area (Å²) in [6, 6.07) is 4.58. The molecule has 1 aliphatic heterocycles. The van der Waals surface area contributed by atoms with Gasteiger partial charge in [0.25, 0.3) is 0 Å². The molecule has 0 aromatic carbocycles. The van der Waals surface area contributed by atoms with Gasteiger partial charge >= 0.3 is 6.03 Å². The molecule has 6 nitrogen and oxygen atoms in total. The van der Waals surface area contributed by atoms with E-state index in [4.69, 9.17) is 0 Å². The third-order valence-electron chi connectivity index (χ3n) is 5.84. The van der Waals surface area contributed by atoms with Crippen molar-refractivity contribution in [2.75, 3.05) is 44.7 Å². The van der Waals surface area contributed by atoms with Crippen LogP contribution in [0.3, 0.4) is 0 Å². The van der Waals surface area contributed by atoms with Crippen molar-refractivity contribution < 1.29 is 4.79 Å². The molecular weight excluding hydrogens is 326 g/mol. The van der Waals surface area contributed by atoms with Gasteiger partial charge in [-0.1, -0.05) is 32.3 Å². The summed E-state index contributed by atoms with van der Waals surface area (Å²) in [6.45, 7) is 8.13. The van der Waals surface area contributed by atoms with Crippen LogP contribution in [0, 0.1) is 0 Å². The molecule has 2 aliphatic rings.